The van der Waals surface area contributed by atoms with Gasteiger partial charge in [-0.1, -0.05) is 26.3 Å². The normalized spacial score (nSPS) is 14.8. The van der Waals surface area contributed by atoms with Crippen molar-refractivity contribution in [3.05, 3.63) is 36.1 Å². The lowest BCUT2D eigenvalue weighted by molar-refractivity contribution is 0.445. The molecular weight excluding hydrogens is 222 g/mol. The van der Waals surface area contributed by atoms with Crippen LogP contribution in [0.3, 0.4) is 0 Å². The second-order valence-electron chi connectivity index (χ2n) is 4.96. The molecule has 0 aliphatic carbocycles. The van der Waals surface area contributed by atoms with Crippen LogP contribution in [0.4, 0.5) is 0 Å². The van der Waals surface area contributed by atoms with Crippen LogP contribution in [0, 0.1) is 0 Å². The molecule has 0 radical (unpaired) electrons. The molecule has 0 amide bonds. The lowest BCUT2D eigenvalue weighted by Gasteiger charge is -2.25. The maximum atomic E-state index is 5.40. The molecule has 1 aromatic heterocycles. The minimum Gasteiger partial charge on any atom is -0.464 e. The summed E-state index contributed by atoms with van der Waals surface area (Å²) in [6, 6.07) is 9.12. The summed E-state index contributed by atoms with van der Waals surface area (Å²) >= 11 is 0. The van der Waals surface area contributed by atoms with Gasteiger partial charge in [0.25, 0.3) is 0 Å². The topological polar surface area (TPSA) is 25.2 Å². The molecule has 2 rings (SSSR count). The quantitative estimate of drug-likeness (QED) is 0.820. The van der Waals surface area contributed by atoms with E-state index >= 15 is 0 Å². The van der Waals surface area contributed by atoms with Gasteiger partial charge in [0.2, 0.25) is 0 Å². The van der Waals surface area contributed by atoms with Crippen LogP contribution >= 0.6 is 0 Å². The van der Waals surface area contributed by atoms with Crippen molar-refractivity contribution in [1.82, 2.24) is 5.32 Å². The van der Waals surface area contributed by atoms with E-state index in [1.807, 2.05) is 6.07 Å². The highest BCUT2D eigenvalue weighted by molar-refractivity contribution is 5.77. The number of furan rings is 1. The fourth-order valence-electron chi connectivity index (χ4n) is 2.70. The van der Waals surface area contributed by atoms with Gasteiger partial charge in [-0.25, -0.2) is 0 Å². The van der Waals surface area contributed by atoms with E-state index in [-0.39, 0.29) is 0 Å². The number of benzene rings is 1. The van der Waals surface area contributed by atoms with E-state index in [0.717, 1.165) is 12.1 Å². The maximum absolute atomic E-state index is 5.40. The Labute approximate surface area is 109 Å². The average molecular weight is 245 g/mol. The molecule has 1 N–H and O–H groups in total. The molecule has 0 aliphatic heterocycles. The molecule has 0 bridgehead atoms. The molecule has 0 spiro atoms. The molecule has 2 unspecified atom stereocenters. The Hall–Kier alpha value is -1.28. The zero-order valence-electron chi connectivity index (χ0n) is 11.6. The Morgan fingerprint density at radius 1 is 1.22 bits per heavy atom. The van der Waals surface area contributed by atoms with Crippen LogP contribution in [0.1, 0.15) is 45.1 Å². The molecule has 18 heavy (non-hydrogen) atoms. The lowest BCUT2D eigenvalue weighted by atomic mass is 9.88. The highest BCUT2D eigenvalue weighted by atomic mass is 16.3. The molecule has 2 nitrogen and oxygen atoms in total. The predicted molar refractivity (Wildman–Crippen MR) is 77.0 cm³/mol. The van der Waals surface area contributed by atoms with Crippen molar-refractivity contribution < 1.29 is 4.42 Å². The number of nitrogens with one attached hydrogen (secondary N) is 1. The fourth-order valence-corrected chi connectivity index (χ4v) is 2.70. The van der Waals surface area contributed by atoms with E-state index in [0.29, 0.717) is 12.0 Å². The molecule has 98 valence electrons. The lowest BCUT2D eigenvalue weighted by Crippen LogP contribution is -2.32. The molecule has 1 aromatic carbocycles. The summed E-state index contributed by atoms with van der Waals surface area (Å²) in [7, 11) is 0. The first-order chi connectivity index (χ1) is 8.76. The number of hydrogen-bond donors (Lipinski definition) is 1. The Bertz CT molecular complexity index is 489. The van der Waals surface area contributed by atoms with Crippen LogP contribution < -0.4 is 5.32 Å². The van der Waals surface area contributed by atoms with Gasteiger partial charge in [-0.05, 0) is 49.6 Å². The highest BCUT2D eigenvalue weighted by Gasteiger charge is 2.18. The Morgan fingerprint density at radius 3 is 2.78 bits per heavy atom. The van der Waals surface area contributed by atoms with Crippen LogP contribution in [-0.2, 0) is 0 Å². The van der Waals surface area contributed by atoms with Crippen molar-refractivity contribution in [3.8, 4) is 0 Å². The molecule has 0 fully saturated rings. The van der Waals surface area contributed by atoms with Gasteiger partial charge >= 0.3 is 0 Å². The zero-order valence-corrected chi connectivity index (χ0v) is 11.6. The zero-order chi connectivity index (χ0) is 13.0. The molecule has 0 saturated carbocycles. The van der Waals surface area contributed by atoms with Crippen LogP contribution in [0.25, 0.3) is 11.0 Å². The van der Waals surface area contributed by atoms with Crippen molar-refractivity contribution >= 4 is 11.0 Å². The van der Waals surface area contributed by atoms with E-state index in [1.54, 1.807) is 6.26 Å². The van der Waals surface area contributed by atoms with Gasteiger partial charge in [0.05, 0.1) is 6.26 Å². The summed E-state index contributed by atoms with van der Waals surface area (Å²) in [4.78, 5) is 0. The maximum Gasteiger partial charge on any atom is 0.133 e. The van der Waals surface area contributed by atoms with Crippen molar-refractivity contribution in [3.63, 3.8) is 0 Å². The number of likely N-dealkylation sites (N-methyl/N-ethyl adjacent to an activating group) is 1. The largest absolute Gasteiger partial charge is 0.464 e. The molecule has 2 atom stereocenters. The number of rotatable bonds is 6. The average Bonchev–Trinajstić information content (AvgIpc) is 2.83. The second-order valence-corrected chi connectivity index (χ2v) is 4.96. The van der Waals surface area contributed by atoms with E-state index in [9.17, 15) is 0 Å². The van der Waals surface area contributed by atoms with Crippen molar-refractivity contribution in [1.29, 1.82) is 0 Å². The Morgan fingerprint density at radius 2 is 2.06 bits per heavy atom. The van der Waals surface area contributed by atoms with Gasteiger partial charge in [0, 0.05) is 11.4 Å². The SMILES string of the molecule is CCCC(c1ccc2occc2c1)C(C)NCC. The van der Waals surface area contributed by atoms with Gasteiger partial charge in [0.1, 0.15) is 5.58 Å². The fraction of sp³-hybridized carbons (Fsp3) is 0.500. The third-order valence-corrected chi connectivity index (χ3v) is 3.63. The molecule has 0 saturated heterocycles. The molecular formula is C16H23NO. The van der Waals surface area contributed by atoms with Crippen LogP contribution in [-0.4, -0.2) is 12.6 Å². The molecule has 2 heteroatoms. The summed E-state index contributed by atoms with van der Waals surface area (Å²) in [6.07, 6.45) is 4.19. The first kappa shape index (κ1) is 13.2. The third kappa shape index (κ3) is 2.75. The van der Waals surface area contributed by atoms with Crippen molar-refractivity contribution in [2.24, 2.45) is 0 Å². The second kappa shape index (κ2) is 6.05. The molecule has 2 aromatic rings. The van der Waals surface area contributed by atoms with Gasteiger partial charge in [-0.15, -0.1) is 0 Å². The van der Waals surface area contributed by atoms with Crippen LogP contribution in [0.15, 0.2) is 34.9 Å². The summed E-state index contributed by atoms with van der Waals surface area (Å²) in [6.45, 7) is 7.72. The first-order valence-electron chi connectivity index (χ1n) is 6.96. The Kier molecular flexibility index (Phi) is 4.43. The van der Waals surface area contributed by atoms with Gasteiger partial charge < -0.3 is 9.73 Å². The standard InChI is InChI=1S/C16H23NO/c1-4-6-15(12(3)17-5-2)13-7-8-16-14(11-13)9-10-18-16/h7-12,15,17H,4-6H2,1-3H3. The predicted octanol–water partition coefficient (Wildman–Crippen LogP) is 4.31. The van der Waals surface area contributed by atoms with Crippen LogP contribution in [0.2, 0.25) is 0 Å². The third-order valence-electron chi connectivity index (χ3n) is 3.63. The Balaban J connectivity index is 2.28. The minimum atomic E-state index is 0.513. The number of fused-ring (bicyclic) bond motifs is 1. The van der Waals surface area contributed by atoms with E-state index in [4.69, 9.17) is 4.42 Å². The van der Waals surface area contributed by atoms with Gasteiger partial charge in [0.15, 0.2) is 0 Å². The summed E-state index contributed by atoms with van der Waals surface area (Å²) < 4.78 is 5.40. The van der Waals surface area contributed by atoms with E-state index < -0.39 is 0 Å². The van der Waals surface area contributed by atoms with Crippen molar-refractivity contribution in [2.45, 2.75) is 45.6 Å². The van der Waals surface area contributed by atoms with Crippen molar-refractivity contribution in [2.75, 3.05) is 6.54 Å². The molecule has 0 aliphatic rings. The smallest absolute Gasteiger partial charge is 0.133 e. The van der Waals surface area contributed by atoms with Crippen LogP contribution in [0.5, 0.6) is 0 Å². The molecule has 1 heterocycles. The first-order valence-corrected chi connectivity index (χ1v) is 6.96. The summed E-state index contributed by atoms with van der Waals surface area (Å²) in [5, 5.41) is 4.75. The monoisotopic (exact) mass is 245 g/mol. The highest BCUT2D eigenvalue weighted by Crippen LogP contribution is 2.28. The number of hydrogen-bond acceptors (Lipinski definition) is 2. The summed E-state index contributed by atoms with van der Waals surface area (Å²) in [5.74, 6) is 0.578. The van der Waals surface area contributed by atoms with Gasteiger partial charge in [-0.2, -0.15) is 0 Å². The summed E-state index contributed by atoms with van der Waals surface area (Å²) in [5.41, 5.74) is 2.39. The van der Waals surface area contributed by atoms with Gasteiger partial charge in [-0.3, -0.25) is 0 Å². The van der Waals surface area contributed by atoms with E-state index in [1.165, 1.54) is 23.8 Å². The van der Waals surface area contributed by atoms with E-state index in [2.05, 4.69) is 44.3 Å². The minimum absolute atomic E-state index is 0.513.